The van der Waals surface area contributed by atoms with Crippen molar-refractivity contribution in [3.8, 4) is 0 Å². The maximum atomic E-state index is 12.5. The number of aromatic nitrogens is 5. The SMILES string of the molecule is CC1Cc2c([nH]c3ccccc23)C(c2cnn(C)c2)(c2nn(C(C)C)c(=O)o2)N1. The van der Waals surface area contributed by atoms with Crippen molar-refractivity contribution >= 4 is 10.9 Å². The molecule has 1 aromatic carbocycles. The van der Waals surface area contributed by atoms with Crippen LogP contribution >= 0.6 is 0 Å². The zero-order valence-electron chi connectivity index (χ0n) is 16.9. The molecular formula is C21H24N6O2. The molecule has 150 valence electrons. The zero-order valence-corrected chi connectivity index (χ0v) is 16.9. The predicted octanol–water partition coefficient (Wildman–Crippen LogP) is 2.46. The third-order valence-electron chi connectivity index (χ3n) is 5.68. The van der Waals surface area contributed by atoms with Gasteiger partial charge in [0.2, 0.25) is 5.89 Å². The van der Waals surface area contributed by atoms with Crippen LogP contribution in [-0.2, 0) is 19.0 Å². The van der Waals surface area contributed by atoms with Crippen LogP contribution in [0.25, 0.3) is 10.9 Å². The van der Waals surface area contributed by atoms with Crippen molar-refractivity contribution in [2.24, 2.45) is 7.05 Å². The molecule has 0 spiro atoms. The number of rotatable bonds is 3. The third-order valence-corrected chi connectivity index (χ3v) is 5.68. The molecule has 4 aromatic rings. The summed E-state index contributed by atoms with van der Waals surface area (Å²) in [5.41, 5.74) is 3.14. The fourth-order valence-corrected chi connectivity index (χ4v) is 4.43. The van der Waals surface area contributed by atoms with Gasteiger partial charge in [0.25, 0.3) is 0 Å². The number of para-hydroxylation sites is 1. The molecule has 0 saturated carbocycles. The number of hydrogen-bond acceptors (Lipinski definition) is 5. The average Bonchev–Trinajstić information content (AvgIpc) is 3.38. The van der Waals surface area contributed by atoms with Crippen LogP contribution in [0.1, 0.15) is 49.5 Å². The Labute approximate surface area is 167 Å². The number of aryl methyl sites for hydroxylation is 1. The van der Waals surface area contributed by atoms with Gasteiger partial charge in [-0.2, -0.15) is 9.78 Å². The number of nitrogens with zero attached hydrogens (tertiary/aromatic N) is 4. The number of aromatic amines is 1. The Hall–Kier alpha value is -3.13. The van der Waals surface area contributed by atoms with Crippen molar-refractivity contribution in [3.05, 3.63) is 69.9 Å². The minimum absolute atomic E-state index is 0.103. The molecule has 8 nitrogen and oxygen atoms in total. The van der Waals surface area contributed by atoms with Gasteiger partial charge in [-0.1, -0.05) is 18.2 Å². The lowest BCUT2D eigenvalue weighted by atomic mass is 9.80. The van der Waals surface area contributed by atoms with Crippen LogP contribution in [0, 0.1) is 0 Å². The van der Waals surface area contributed by atoms with Crippen molar-refractivity contribution in [1.29, 1.82) is 0 Å². The van der Waals surface area contributed by atoms with Crippen LogP contribution in [0.15, 0.2) is 45.9 Å². The van der Waals surface area contributed by atoms with Gasteiger partial charge >= 0.3 is 5.76 Å². The molecule has 0 fully saturated rings. The minimum Gasteiger partial charge on any atom is -0.389 e. The Balaban J connectivity index is 1.88. The summed E-state index contributed by atoms with van der Waals surface area (Å²) in [6.45, 7) is 5.96. The lowest BCUT2D eigenvalue weighted by Crippen LogP contribution is -2.53. The highest BCUT2D eigenvalue weighted by Crippen LogP contribution is 2.43. The summed E-state index contributed by atoms with van der Waals surface area (Å²) < 4.78 is 8.89. The van der Waals surface area contributed by atoms with Crippen molar-refractivity contribution in [1.82, 2.24) is 29.9 Å². The van der Waals surface area contributed by atoms with Crippen LogP contribution in [0.5, 0.6) is 0 Å². The first-order chi connectivity index (χ1) is 13.9. The fraction of sp³-hybridized carbons (Fsp3) is 0.381. The van der Waals surface area contributed by atoms with Gasteiger partial charge in [-0.25, -0.2) is 4.79 Å². The average molecular weight is 392 g/mol. The second kappa shape index (κ2) is 6.18. The van der Waals surface area contributed by atoms with Crippen molar-refractivity contribution < 1.29 is 4.42 Å². The largest absolute Gasteiger partial charge is 0.437 e. The predicted molar refractivity (Wildman–Crippen MR) is 109 cm³/mol. The van der Waals surface area contributed by atoms with Crippen LogP contribution in [0.2, 0.25) is 0 Å². The van der Waals surface area contributed by atoms with E-state index in [1.807, 2.05) is 39.2 Å². The molecule has 29 heavy (non-hydrogen) atoms. The van der Waals surface area contributed by atoms with E-state index in [1.165, 1.54) is 15.6 Å². The molecule has 8 heteroatoms. The summed E-state index contributed by atoms with van der Waals surface area (Å²) in [5.74, 6) is -0.139. The first kappa shape index (κ1) is 17.9. The quantitative estimate of drug-likeness (QED) is 0.559. The minimum atomic E-state index is -0.931. The highest BCUT2D eigenvalue weighted by Gasteiger charge is 2.49. The van der Waals surface area contributed by atoms with E-state index in [4.69, 9.17) is 4.42 Å². The molecule has 0 bridgehead atoms. The maximum absolute atomic E-state index is 12.5. The summed E-state index contributed by atoms with van der Waals surface area (Å²) in [5, 5.41) is 13.9. The summed E-state index contributed by atoms with van der Waals surface area (Å²) in [6.07, 6.45) is 4.60. The van der Waals surface area contributed by atoms with Crippen LogP contribution in [0.4, 0.5) is 0 Å². The molecule has 2 N–H and O–H groups in total. The van der Waals surface area contributed by atoms with E-state index in [0.29, 0.717) is 5.89 Å². The molecule has 0 saturated heterocycles. The Kier molecular flexibility index (Phi) is 3.82. The molecule has 3 aromatic heterocycles. The van der Waals surface area contributed by atoms with Gasteiger partial charge < -0.3 is 9.40 Å². The second-order valence-corrected chi connectivity index (χ2v) is 8.14. The molecule has 0 amide bonds. The van der Waals surface area contributed by atoms with E-state index in [0.717, 1.165) is 23.2 Å². The standard InChI is InChI=1S/C21H24N6O2/c1-12(2)27-20(28)29-19(25-27)21(14-10-22-26(4)11-14)18-16(9-13(3)24-21)15-7-5-6-8-17(15)23-18/h5-8,10-13,23-24H,9H2,1-4H3. The smallest absolute Gasteiger partial charge is 0.389 e. The van der Waals surface area contributed by atoms with Crippen molar-refractivity contribution in [2.45, 2.75) is 44.8 Å². The lowest BCUT2D eigenvalue weighted by molar-refractivity contribution is 0.295. The van der Waals surface area contributed by atoms with E-state index < -0.39 is 11.3 Å². The maximum Gasteiger partial charge on any atom is 0.437 e. The molecule has 1 aliphatic rings. The van der Waals surface area contributed by atoms with Gasteiger partial charge in [0.05, 0.1) is 17.9 Å². The monoisotopic (exact) mass is 392 g/mol. The molecule has 2 atom stereocenters. The Morgan fingerprint density at radius 1 is 1.31 bits per heavy atom. The Morgan fingerprint density at radius 2 is 2.10 bits per heavy atom. The fourth-order valence-electron chi connectivity index (χ4n) is 4.43. The van der Waals surface area contributed by atoms with Gasteiger partial charge in [0.1, 0.15) is 0 Å². The van der Waals surface area contributed by atoms with E-state index >= 15 is 0 Å². The Bertz CT molecular complexity index is 1260. The van der Waals surface area contributed by atoms with E-state index in [9.17, 15) is 4.79 Å². The van der Waals surface area contributed by atoms with Gasteiger partial charge in [0.15, 0.2) is 5.54 Å². The molecular weight excluding hydrogens is 368 g/mol. The van der Waals surface area contributed by atoms with Gasteiger partial charge in [-0.3, -0.25) is 10.00 Å². The lowest BCUT2D eigenvalue weighted by Gasteiger charge is -2.38. The highest BCUT2D eigenvalue weighted by atomic mass is 16.4. The number of H-pyrrole nitrogens is 1. The first-order valence-corrected chi connectivity index (χ1v) is 9.87. The number of benzene rings is 1. The second-order valence-electron chi connectivity index (χ2n) is 8.14. The summed E-state index contributed by atoms with van der Waals surface area (Å²) in [7, 11) is 1.87. The summed E-state index contributed by atoms with van der Waals surface area (Å²) in [6, 6.07) is 8.28. The number of fused-ring (bicyclic) bond motifs is 3. The molecule has 0 radical (unpaired) electrons. The topological polar surface area (TPSA) is 93.7 Å². The zero-order chi connectivity index (χ0) is 20.3. The normalized spacial score (nSPS) is 21.8. The van der Waals surface area contributed by atoms with Crippen molar-refractivity contribution in [2.75, 3.05) is 0 Å². The molecule has 5 rings (SSSR count). The molecule has 4 heterocycles. The summed E-state index contributed by atoms with van der Waals surface area (Å²) >= 11 is 0. The van der Waals surface area contributed by atoms with Crippen molar-refractivity contribution in [3.63, 3.8) is 0 Å². The van der Waals surface area contributed by atoms with Crippen LogP contribution < -0.4 is 11.1 Å². The van der Waals surface area contributed by atoms with Gasteiger partial charge in [-0.15, -0.1) is 5.10 Å². The van der Waals surface area contributed by atoms with Crippen LogP contribution in [-0.4, -0.2) is 30.6 Å². The molecule has 1 aliphatic heterocycles. The summed E-state index contributed by atoms with van der Waals surface area (Å²) in [4.78, 5) is 16.1. The van der Waals surface area contributed by atoms with Gasteiger partial charge in [0, 0.05) is 35.8 Å². The first-order valence-electron chi connectivity index (χ1n) is 9.87. The van der Waals surface area contributed by atoms with Gasteiger partial charge in [-0.05, 0) is 38.8 Å². The van der Waals surface area contributed by atoms with Crippen LogP contribution in [0.3, 0.4) is 0 Å². The number of hydrogen-bond donors (Lipinski definition) is 2. The Morgan fingerprint density at radius 3 is 2.79 bits per heavy atom. The van der Waals surface area contributed by atoms with E-state index in [1.54, 1.807) is 10.9 Å². The highest BCUT2D eigenvalue weighted by molar-refractivity contribution is 5.86. The van der Waals surface area contributed by atoms with E-state index in [2.05, 4.69) is 39.6 Å². The van der Waals surface area contributed by atoms with E-state index in [-0.39, 0.29) is 12.1 Å². The molecule has 2 unspecified atom stereocenters. The molecule has 0 aliphatic carbocycles. The number of nitrogens with one attached hydrogen (secondary N) is 2. The third kappa shape index (κ3) is 2.52.